The molecule has 2 rings (SSSR count). The van der Waals surface area contributed by atoms with Crippen LogP contribution in [0.15, 0.2) is 42.5 Å². The van der Waals surface area contributed by atoms with E-state index in [9.17, 15) is 14.9 Å². The van der Waals surface area contributed by atoms with Gasteiger partial charge in [-0.3, -0.25) is 14.9 Å². The Morgan fingerprint density at radius 1 is 1.23 bits per heavy atom. The number of nitrogens with one attached hydrogen (secondary N) is 1. The van der Waals surface area contributed by atoms with E-state index < -0.39 is 4.92 Å². The summed E-state index contributed by atoms with van der Waals surface area (Å²) in [5.41, 5.74) is 1.78. The highest BCUT2D eigenvalue weighted by molar-refractivity contribution is 6.30. The van der Waals surface area contributed by atoms with Gasteiger partial charge >= 0.3 is 0 Å². The summed E-state index contributed by atoms with van der Waals surface area (Å²) in [6, 6.07) is 11.3. The van der Waals surface area contributed by atoms with Gasteiger partial charge in [0.15, 0.2) is 0 Å². The molecule has 5 nitrogen and oxygen atoms in total. The van der Waals surface area contributed by atoms with Crippen molar-refractivity contribution in [2.45, 2.75) is 19.9 Å². The fraction of sp³-hybridized carbons (Fsp3) is 0.188. The first-order valence-electron chi connectivity index (χ1n) is 6.70. The Hall–Kier alpha value is -2.40. The summed E-state index contributed by atoms with van der Waals surface area (Å²) >= 11 is 5.83. The monoisotopic (exact) mass is 318 g/mol. The van der Waals surface area contributed by atoms with Crippen molar-refractivity contribution in [2.75, 3.05) is 0 Å². The van der Waals surface area contributed by atoms with Gasteiger partial charge in [0, 0.05) is 22.2 Å². The van der Waals surface area contributed by atoms with Gasteiger partial charge in [-0.15, -0.1) is 0 Å². The van der Waals surface area contributed by atoms with Crippen molar-refractivity contribution < 1.29 is 9.72 Å². The van der Waals surface area contributed by atoms with Crippen LogP contribution in [0.2, 0.25) is 5.02 Å². The van der Waals surface area contributed by atoms with E-state index in [-0.39, 0.29) is 17.6 Å². The summed E-state index contributed by atoms with van der Waals surface area (Å²) in [5.74, 6) is -0.277. The van der Waals surface area contributed by atoms with Crippen LogP contribution in [-0.2, 0) is 0 Å². The van der Waals surface area contributed by atoms with Gasteiger partial charge in [-0.1, -0.05) is 23.7 Å². The van der Waals surface area contributed by atoms with Crippen molar-refractivity contribution in [1.29, 1.82) is 0 Å². The lowest BCUT2D eigenvalue weighted by atomic mass is 10.1. The minimum absolute atomic E-state index is 0.00213. The first kappa shape index (κ1) is 16.0. The third-order valence-electron chi connectivity index (χ3n) is 3.37. The molecule has 0 aliphatic heterocycles. The van der Waals surface area contributed by atoms with E-state index in [1.54, 1.807) is 19.1 Å². The highest BCUT2D eigenvalue weighted by Crippen LogP contribution is 2.20. The number of nitro groups is 1. The number of hydrogen-bond acceptors (Lipinski definition) is 3. The smallest absolute Gasteiger partial charge is 0.272 e. The average Bonchev–Trinajstić information content (AvgIpc) is 2.47. The Labute approximate surface area is 133 Å². The Kier molecular flexibility index (Phi) is 4.78. The third kappa shape index (κ3) is 3.62. The number of nitro benzene ring substituents is 1. The molecule has 0 radical (unpaired) electrons. The van der Waals surface area contributed by atoms with Crippen LogP contribution < -0.4 is 5.32 Å². The molecule has 1 amide bonds. The van der Waals surface area contributed by atoms with E-state index in [2.05, 4.69) is 5.32 Å². The summed E-state index contributed by atoms with van der Waals surface area (Å²) in [5, 5.41) is 14.3. The Morgan fingerprint density at radius 2 is 1.86 bits per heavy atom. The molecule has 1 N–H and O–H groups in total. The topological polar surface area (TPSA) is 72.2 Å². The van der Waals surface area contributed by atoms with Crippen LogP contribution in [0.3, 0.4) is 0 Å². The lowest BCUT2D eigenvalue weighted by Gasteiger charge is -2.14. The van der Waals surface area contributed by atoms with E-state index >= 15 is 0 Å². The minimum Gasteiger partial charge on any atom is -0.346 e. The van der Waals surface area contributed by atoms with Crippen LogP contribution in [-0.4, -0.2) is 10.8 Å². The molecular weight excluding hydrogens is 304 g/mol. The summed E-state index contributed by atoms with van der Waals surface area (Å²) in [6.07, 6.45) is 0. The highest BCUT2D eigenvalue weighted by Gasteiger charge is 2.15. The summed E-state index contributed by atoms with van der Waals surface area (Å²) < 4.78 is 0. The Bertz CT molecular complexity index is 714. The quantitative estimate of drug-likeness (QED) is 0.682. The summed E-state index contributed by atoms with van der Waals surface area (Å²) in [4.78, 5) is 22.5. The van der Waals surface area contributed by atoms with Gasteiger partial charge in [0.1, 0.15) is 0 Å². The molecule has 0 heterocycles. The van der Waals surface area contributed by atoms with Gasteiger partial charge in [0.05, 0.1) is 11.0 Å². The van der Waals surface area contributed by atoms with Crippen molar-refractivity contribution in [1.82, 2.24) is 5.32 Å². The molecule has 0 aliphatic carbocycles. The second-order valence-electron chi connectivity index (χ2n) is 5.01. The first-order chi connectivity index (χ1) is 10.4. The van der Waals surface area contributed by atoms with Gasteiger partial charge in [0.25, 0.3) is 11.6 Å². The number of amides is 1. The van der Waals surface area contributed by atoms with Crippen molar-refractivity contribution in [3.63, 3.8) is 0 Å². The second-order valence-corrected chi connectivity index (χ2v) is 5.44. The maximum atomic E-state index is 12.2. The SMILES string of the molecule is Cc1cc(C(=O)N[C@@H](C)c2ccc(Cl)cc2)ccc1[N+](=O)[O-]. The lowest BCUT2D eigenvalue weighted by molar-refractivity contribution is -0.385. The van der Waals surface area contributed by atoms with Gasteiger partial charge in [-0.25, -0.2) is 0 Å². The lowest BCUT2D eigenvalue weighted by Crippen LogP contribution is -2.26. The van der Waals surface area contributed by atoms with E-state index in [0.717, 1.165) is 5.56 Å². The number of hydrogen-bond donors (Lipinski definition) is 1. The largest absolute Gasteiger partial charge is 0.346 e. The van der Waals surface area contributed by atoms with E-state index in [4.69, 9.17) is 11.6 Å². The van der Waals surface area contributed by atoms with Crippen LogP contribution in [0.5, 0.6) is 0 Å². The fourth-order valence-corrected chi connectivity index (χ4v) is 2.24. The number of rotatable bonds is 4. The number of halogens is 1. The highest BCUT2D eigenvalue weighted by atomic mass is 35.5. The standard InChI is InChI=1S/C16H15ClN2O3/c1-10-9-13(5-8-15(10)19(21)22)16(20)18-11(2)12-3-6-14(17)7-4-12/h3-9,11H,1-2H3,(H,18,20)/t11-/m0/s1. The summed E-state index contributed by atoms with van der Waals surface area (Å²) in [7, 11) is 0. The van der Waals surface area contributed by atoms with Gasteiger partial charge in [-0.05, 0) is 43.7 Å². The molecular formula is C16H15ClN2O3. The van der Waals surface area contributed by atoms with E-state index in [0.29, 0.717) is 16.1 Å². The van der Waals surface area contributed by atoms with Crippen molar-refractivity contribution in [3.8, 4) is 0 Å². The number of carbonyl (C=O) groups excluding carboxylic acids is 1. The maximum absolute atomic E-state index is 12.2. The fourth-order valence-electron chi connectivity index (χ4n) is 2.12. The first-order valence-corrected chi connectivity index (χ1v) is 7.07. The van der Waals surface area contributed by atoms with E-state index in [1.807, 2.05) is 19.1 Å². The average molecular weight is 319 g/mol. The normalized spacial score (nSPS) is 11.8. The molecule has 0 saturated carbocycles. The van der Waals surface area contributed by atoms with Crippen molar-refractivity contribution in [2.24, 2.45) is 0 Å². The molecule has 114 valence electrons. The van der Waals surface area contributed by atoms with Crippen LogP contribution >= 0.6 is 11.6 Å². The minimum atomic E-state index is -0.465. The molecule has 0 aliphatic rings. The molecule has 0 fully saturated rings. The molecule has 0 spiro atoms. The molecule has 2 aromatic rings. The zero-order chi connectivity index (χ0) is 16.3. The predicted molar refractivity (Wildman–Crippen MR) is 85.2 cm³/mol. The third-order valence-corrected chi connectivity index (χ3v) is 3.63. The number of carbonyl (C=O) groups is 1. The van der Waals surface area contributed by atoms with Crippen molar-refractivity contribution in [3.05, 3.63) is 74.3 Å². The van der Waals surface area contributed by atoms with Crippen LogP contribution in [0, 0.1) is 17.0 Å². The molecule has 2 aromatic carbocycles. The second kappa shape index (κ2) is 6.58. The number of nitrogens with zero attached hydrogens (tertiary/aromatic N) is 1. The van der Waals surface area contributed by atoms with Crippen LogP contribution in [0.25, 0.3) is 0 Å². The molecule has 6 heteroatoms. The Morgan fingerprint density at radius 3 is 2.41 bits per heavy atom. The van der Waals surface area contributed by atoms with Gasteiger partial charge in [-0.2, -0.15) is 0 Å². The van der Waals surface area contributed by atoms with Gasteiger partial charge in [0.2, 0.25) is 0 Å². The molecule has 0 unspecified atom stereocenters. The molecule has 0 bridgehead atoms. The molecule has 0 saturated heterocycles. The summed E-state index contributed by atoms with van der Waals surface area (Å²) in [6.45, 7) is 3.47. The molecule has 22 heavy (non-hydrogen) atoms. The predicted octanol–water partition coefficient (Wildman–Crippen LogP) is 4.05. The molecule has 0 aromatic heterocycles. The number of aryl methyl sites for hydroxylation is 1. The Balaban J connectivity index is 2.13. The van der Waals surface area contributed by atoms with Crippen LogP contribution in [0.1, 0.15) is 34.5 Å². The maximum Gasteiger partial charge on any atom is 0.272 e. The molecule has 1 atom stereocenters. The van der Waals surface area contributed by atoms with Crippen LogP contribution in [0.4, 0.5) is 5.69 Å². The van der Waals surface area contributed by atoms with Crippen molar-refractivity contribution >= 4 is 23.2 Å². The van der Waals surface area contributed by atoms with E-state index in [1.165, 1.54) is 18.2 Å². The van der Waals surface area contributed by atoms with Gasteiger partial charge < -0.3 is 5.32 Å². The number of benzene rings is 2. The zero-order valence-corrected chi connectivity index (χ0v) is 12.9. The zero-order valence-electron chi connectivity index (χ0n) is 12.2.